The fourth-order valence-corrected chi connectivity index (χ4v) is 6.93. The third-order valence-electron chi connectivity index (χ3n) is 5.95. The Balaban J connectivity index is 1.32. The molecule has 1 fully saturated rings. The maximum absolute atomic E-state index is 12.7. The molecule has 2 aliphatic rings. The topological polar surface area (TPSA) is 104 Å². The first-order valence-electron chi connectivity index (χ1n) is 10.7. The predicted molar refractivity (Wildman–Crippen MR) is 121 cm³/mol. The third-order valence-corrected chi connectivity index (χ3v) is 9.69. The Morgan fingerprint density at radius 1 is 0.844 bits per heavy atom. The van der Waals surface area contributed by atoms with Crippen molar-refractivity contribution in [3.8, 4) is 0 Å². The van der Waals surface area contributed by atoms with Crippen molar-refractivity contribution in [2.24, 2.45) is 0 Å². The van der Waals surface area contributed by atoms with Crippen molar-refractivity contribution in [2.45, 2.75) is 30.7 Å². The zero-order valence-corrected chi connectivity index (χ0v) is 19.4. The highest BCUT2D eigenvalue weighted by Gasteiger charge is 2.28. The minimum atomic E-state index is -3.53. The van der Waals surface area contributed by atoms with Crippen LogP contribution in [0.15, 0.2) is 53.4 Å². The number of sulfonamides is 2. The molecule has 2 aliphatic heterocycles. The summed E-state index contributed by atoms with van der Waals surface area (Å²) in [5.41, 5.74) is 2.47. The molecule has 8 nitrogen and oxygen atoms in total. The van der Waals surface area contributed by atoms with Gasteiger partial charge in [0, 0.05) is 38.3 Å². The van der Waals surface area contributed by atoms with E-state index in [-0.39, 0.29) is 22.8 Å². The fourth-order valence-electron chi connectivity index (χ4n) is 4.09. The summed E-state index contributed by atoms with van der Waals surface area (Å²) in [6, 6.07) is 13.6. The van der Waals surface area contributed by atoms with Crippen LogP contribution in [0.1, 0.15) is 34.3 Å². The van der Waals surface area contributed by atoms with Gasteiger partial charge in [-0.25, -0.2) is 16.8 Å². The molecule has 1 saturated heterocycles. The molecular weight excluding hydrogens is 450 g/mol. The summed E-state index contributed by atoms with van der Waals surface area (Å²) in [6.45, 7) is 1.79. The molecule has 1 N–H and O–H groups in total. The molecule has 0 aliphatic carbocycles. The van der Waals surface area contributed by atoms with Gasteiger partial charge in [0.15, 0.2) is 0 Å². The zero-order valence-electron chi connectivity index (χ0n) is 17.7. The second-order valence-electron chi connectivity index (χ2n) is 8.06. The Kier molecular flexibility index (Phi) is 6.66. The third kappa shape index (κ3) is 4.88. The summed E-state index contributed by atoms with van der Waals surface area (Å²) < 4.78 is 53.5. The normalized spacial score (nSPS) is 17.8. The summed E-state index contributed by atoms with van der Waals surface area (Å²) in [7, 11) is -7.04. The van der Waals surface area contributed by atoms with Crippen LogP contribution in [0.5, 0.6) is 0 Å². The number of benzene rings is 2. The molecule has 4 rings (SSSR count). The average Bonchev–Trinajstić information content (AvgIpc) is 3.34. The molecule has 0 radical (unpaired) electrons. The SMILES string of the molecule is O=C(NCCS(=O)(=O)N1CCc2ccccc2C1)c1ccc(S(=O)(=O)N2CCCC2)cc1. The summed E-state index contributed by atoms with van der Waals surface area (Å²) in [6.07, 6.45) is 2.38. The Bertz CT molecular complexity index is 1190. The number of fused-ring (bicyclic) bond motifs is 1. The van der Waals surface area contributed by atoms with Crippen molar-refractivity contribution in [2.75, 3.05) is 31.9 Å². The summed E-state index contributed by atoms with van der Waals surface area (Å²) in [5, 5.41) is 2.62. The van der Waals surface area contributed by atoms with E-state index in [1.54, 1.807) is 0 Å². The van der Waals surface area contributed by atoms with Crippen LogP contribution in [0.4, 0.5) is 0 Å². The molecule has 0 spiro atoms. The van der Waals surface area contributed by atoms with Crippen molar-refractivity contribution in [3.05, 3.63) is 65.2 Å². The highest BCUT2D eigenvalue weighted by molar-refractivity contribution is 7.89. The van der Waals surface area contributed by atoms with E-state index >= 15 is 0 Å². The molecule has 0 atom stereocenters. The van der Waals surface area contributed by atoms with Gasteiger partial charge in [0.2, 0.25) is 20.0 Å². The molecule has 2 heterocycles. The number of amides is 1. The Hall–Kier alpha value is -2.27. The number of nitrogens with zero attached hydrogens (tertiary/aromatic N) is 2. The van der Waals surface area contributed by atoms with Crippen LogP contribution in [-0.4, -0.2) is 63.3 Å². The molecule has 2 aromatic carbocycles. The van der Waals surface area contributed by atoms with E-state index in [1.165, 1.54) is 38.4 Å². The highest BCUT2D eigenvalue weighted by atomic mass is 32.2. The van der Waals surface area contributed by atoms with E-state index in [0.29, 0.717) is 32.6 Å². The lowest BCUT2D eigenvalue weighted by atomic mass is 10.0. The van der Waals surface area contributed by atoms with Gasteiger partial charge in [-0.1, -0.05) is 24.3 Å². The first-order valence-corrected chi connectivity index (χ1v) is 13.8. The van der Waals surface area contributed by atoms with Crippen molar-refractivity contribution in [3.63, 3.8) is 0 Å². The summed E-state index contributed by atoms with van der Waals surface area (Å²) in [4.78, 5) is 12.6. The first-order chi connectivity index (χ1) is 15.3. The standard InChI is InChI=1S/C22H27N3O5S2/c26-22(19-7-9-21(10-8-19)32(29,30)24-13-3-4-14-24)23-12-16-31(27,28)25-15-11-18-5-1-2-6-20(18)17-25/h1-2,5-10H,3-4,11-17H2,(H,23,26). The lowest BCUT2D eigenvalue weighted by Gasteiger charge is -2.28. The van der Waals surface area contributed by atoms with E-state index in [1.807, 2.05) is 24.3 Å². The molecule has 10 heteroatoms. The maximum Gasteiger partial charge on any atom is 0.251 e. The van der Waals surface area contributed by atoms with Gasteiger partial charge >= 0.3 is 0 Å². The van der Waals surface area contributed by atoms with E-state index in [0.717, 1.165) is 18.4 Å². The van der Waals surface area contributed by atoms with Gasteiger partial charge < -0.3 is 5.32 Å². The maximum atomic E-state index is 12.7. The predicted octanol–water partition coefficient (Wildman–Crippen LogP) is 1.59. The van der Waals surface area contributed by atoms with Gasteiger partial charge in [0.25, 0.3) is 5.91 Å². The lowest BCUT2D eigenvalue weighted by molar-refractivity contribution is 0.0956. The smallest absolute Gasteiger partial charge is 0.251 e. The summed E-state index contributed by atoms with van der Waals surface area (Å²) >= 11 is 0. The first kappa shape index (κ1) is 22.9. The minimum Gasteiger partial charge on any atom is -0.351 e. The number of rotatable bonds is 7. The average molecular weight is 478 g/mol. The Morgan fingerprint density at radius 2 is 1.50 bits per heavy atom. The second-order valence-corrected chi connectivity index (χ2v) is 12.1. The zero-order chi connectivity index (χ0) is 22.8. The van der Waals surface area contributed by atoms with Crippen molar-refractivity contribution < 1.29 is 21.6 Å². The van der Waals surface area contributed by atoms with E-state index in [9.17, 15) is 21.6 Å². The van der Waals surface area contributed by atoms with Crippen molar-refractivity contribution >= 4 is 26.0 Å². The van der Waals surface area contributed by atoms with Gasteiger partial charge in [-0.15, -0.1) is 0 Å². The molecule has 2 aromatic rings. The number of hydrogen-bond donors (Lipinski definition) is 1. The fraction of sp³-hybridized carbons (Fsp3) is 0.409. The van der Waals surface area contributed by atoms with E-state index < -0.39 is 26.0 Å². The van der Waals surface area contributed by atoms with Crippen LogP contribution < -0.4 is 5.32 Å². The molecule has 0 unspecified atom stereocenters. The second kappa shape index (κ2) is 9.30. The minimum absolute atomic E-state index is 0.0207. The highest BCUT2D eigenvalue weighted by Crippen LogP contribution is 2.22. The molecule has 172 valence electrons. The number of carbonyl (C=O) groups is 1. The van der Waals surface area contributed by atoms with Crippen LogP contribution in [0.3, 0.4) is 0 Å². The van der Waals surface area contributed by atoms with Crippen molar-refractivity contribution in [1.29, 1.82) is 0 Å². The van der Waals surface area contributed by atoms with Gasteiger partial charge in [-0.3, -0.25) is 4.79 Å². The monoisotopic (exact) mass is 477 g/mol. The molecule has 0 bridgehead atoms. The molecule has 32 heavy (non-hydrogen) atoms. The van der Waals surface area contributed by atoms with Gasteiger partial charge in [-0.05, 0) is 54.7 Å². The van der Waals surface area contributed by atoms with Crippen LogP contribution >= 0.6 is 0 Å². The van der Waals surface area contributed by atoms with E-state index in [4.69, 9.17) is 0 Å². The number of carbonyl (C=O) groups excluding carboxylic acids is 1. The Morgan fingerprint density at radius 3 is 2.19 bits per heavy atom. The van der Waals surface area contributed by atoms with Crippen LogP contribution in [0.25, 0.3) is 0 Å². The lowest BCUT2D eigenvalue weighted by Crippen LogP contribution is -2.40. The van der Waals surface area contributed by atoms with Crippen molar-refractivity contribution in [1.82, 2.24) is 13.9 Å². The van der Waals surface area contributed by atoms with Gasteiger partial charge in [0.1, 0.15) is 0 Å². The van der Waals surface area contributed by atoms with Crippen LogP contribution in [0, 0.1) is 0 Å². The van der Waals surface area contributed by atoms with Gasteiger partial charge in [0.05, 0.1) is 10.6 Å². The number of nitrogens with one attached hydrogen (secondary N) is 1. The summed E-state index contributed by atoms with van der Waals surface area (Å²) in [5.74, 6) is -0.628. The molecule has 1 amide bonds. The number of hydrogen-bond acceptors (Lipinski definition) is 5. The molecular formula is C22H27N3O5S2. The Labute approximate surface area is 189 Å². The van der Waals surface area contributed by atoms with Crippen LogP contribution in [0.2, 0.25) is 0 Å². The molecule has 0 saturated carbocycles. The van der Waals surface area contributed by atoms with Gasteiger partial charge in [-0.2, -0.15) is 8.61 Å². The van der Waals surface area contributed by atoms with E-state index in [2.05, 4.69) is 5.32 Å². The molecule has 0 aromatic heterocycles. The quantitative estimate of drug-likeness (QED) is 0.652. The largest absolute Gasteiger partial charge is 0.351 e. The van der Waals surface area contributed by atoms with Crippen LogP contribution in [-0.2, 0) is 33.0 Å².